The van der Waals surface area contributed by atoms with Gasteiger partial charge < -0.3 is 10.8 Å². The predicted molar refractivity (Wildman–Crippen MR) is 33.9 cm³/mol. The van der Waals surface area contributed by atoms with Gasteiger partial charge in [-0.25, -0.2) is 0 Å². The van der Waals surface area contributed by atoms with E-state index in [1.165, 1.54) is 6.92 Å². The third-order valence-corrected chi connectivity index (χ3v) is 0.833. The van der Waals surface area contributed by atoms with Gasteiger partial charge in [-0.05, 0) is 0 Å². The molecule has 0 aliphatic heterocycles. The smallest absolute Gasteiger partial charge is 0.245 e. The average molecular weight is 146 g/mol. The number of imide groups is 1. The lowest BCUT2D eigenvalue weighted by atomic mass is 10.3. The van der Waals surface area contributed by atoms with Crippen molar-refractivity contribution < 1.29 is 14.7 Å². The number of nitrogens with one attached hydrogen (secondary N) is 1. The van der Waals surface area contributed by atoms with Crippen molar-refractivity contribution in [3.63, 3.8) is 0 Å². The van der Waals surface area contributed by atoms with Crippen LogP contribution >= 0.6 is 0 Å². The van der Waals surface area contributed by atoms with Crippen molar-refractivity contribution in [1.82, 2.24) is 5.32 Å². The molecule has 0 unspecified atom stereocenters. The van der Waals surface area contributed by atoms with Gasteiger partial charge in [0.15, 0.2) is 0 Å². The van der Waals surface area contributed by atoms with E-state index >= 15 is 0 Å². The molecule has 0 fully saturated rings. The van der Waals surface area contributed by atoms with Crippen LogP contribution in [0, 0.1) is 0 Å². The van der Waals surface area contributed by atoms with Crippen LogP contribution in [0.2, 0.25) is 0 Å². The van der Waals surface area contributed by atoms with Gasteiger partial charge in [-0.15, -0.1) is 0 Å². The Bertz CT molecular complexity index is 146. The van der Waals surface area contributed by atoms with Gasteiger partial charge in [-0.1, -0.05) is 0 Å². The molecule has 58 valence electrons. The lowest BCUT2D eigenvalue weighted by molar-refractivity contribution is -0.130. The molecular formula is C5H10N2O3. The fourth-order valence-corrected chi connectivity index (χ4v) is 0.349. The Labute approximate surface area is 58.2 Å². The minimum atomic E-state index is -1.01. The Hall–Kier alpha value is -0.940. The number of hydrogen-bond donors (Lipinski definition) is 3. The average Bonchev–Trinajstić information content (AvgIpc) is 1.85. The zero-order valence-electron chi connectivity index (χ0n) is 5.63. The fraction of sp³-hybridized carbons (Fsp3) is 0.600. The van der Waals surface area contributed by atoms with Crippen molar-refractivity contribution in [2.75, 3.05) is 6.61 Å². The van der Waals surface area contributed by atoms with Crippen molar-refractivity contribution in [3.8, 4) is 0 Å². The number of carbonyl (C=O) groups excluding carboxylic acids is 2. The number of aliphatic hydroxyl groups is 1. The number of carbonyl (C=O) groups is 2. The Morgan fingerprint density at radius 1 is 1.70 bits per heavy atom. The summed E-state index contributed by atoms with van der Waals surface area (Å²) in [5.41, 5.74) is 5.05. The van der Waals surface area contributed by atoms with Gasteiger partial charge in [0.05, 0.1) is 6.61 Å². The molecule has 0 radical (unpaired) electrons. The van der Waals surface area contributed by atoms with Crippen LogP contribution in [0.25, 0.3) is 0 Å². The van der Waals surface area contributed by atoms with Crippen LogP contribution in [0.1, 0.15) is 6.92 Å². The summed E-state index contributed by atoms with van der Waals surface area (Å²) in [7, 11) is 0. The van der Waals surface area contributed by atoms with E-state index in [1.54, 1.807) is 0 Å². The molecule has 1 atom stereocenters. The summed E-state index contributed by atoms with van der Waals surface area (Å²) in [5.74, 6) is -1.14. The van der Waals surface area contributed by atoms with E-state index in [0.717, 1.165) is 0 Å². The molecule has 0 saturated heterocycles. The van der Waals surface area contributed by atoms with Crippen molar-refractivity contribution in [2.24, 2.45) is 5.73 Å². The molecule has 0 aromatic carbocycles. The van der Waals surface area contributed by atoms with Crippen LogP contribution in [0.3, 0.4) is 0 Å². The Balaban J connectivity index is 3.73. The summed E-state index contributed by atoms with van der Waals surface area (Å²) in [6.45, 7) is 0.737. The lowest BCUT2D eigenvalue weighted by Crippen LogP contribution is -2.44. The third kappa shape index (κ3) is 3.16. The van der Waals surface area contributed by atoms with Gasteiger partial charge in [0.2, 0.25) is 11.8 Å². The van der Waals surface area contributed by atoms with Crippen LogP contribution in [0.4, 0.5) is 0 Å². The van der Waals surface area contributed by atoms with Gasteiger partial charge in [-0.3, -0.25) is 14.9 Å². The van der Waals surface area contributed by atoms with Gasteiger partial charge in [0.1, 0.15) is 6.04 Å². The van der Waals surface area contributed by atoms with Crippen molar-refractivity contribution >= 4 is 11.8 Å². The van der Waals surface area contributed by atoms with E-state index in [9.17, 15) is 9.59 Å². The number of rotatable bonds is 2. The summed E-state index contributed by atoms with van der Waals surface area (Å²) in [5, 5.41) is 10.3. The second-order valence-corrected chi connectivity index (χ2v) is 1.83. The number of nitrogens with two attached hydrogens (primary N) is 1. The second-order valence-electron chi connectivity index (χ2n) is 1.83. The van der Waals surface area contributed by atoms with Gasteiger partial charge >= 0.3 is 0 Å². The molecule has 0 aromatic rings. The minimum absolute atomic E-state index is 0.459. The molecule has 5 heteroatoms. The maximum atomic E-state index is 10.6. The van der Waals surface area contributed by atoms with E-state index in [-0.39, 0.29) is 0 Å². The minimum Gasteiger partial charge on any atom is -0.394 e. The van der Waals surface area contributed by atoms with Gasteiger partial charge in [0.25, 0.3) is 0 Å². The van der Waals surface area contributed by atoms with Crippen LogP contribution < -0.4 is 11.1 Å². The predicted octanol–water partition coefficient (Wildman–Crippen LogP) is -2.03. The quantitative estimate of drug-likeness (QED) is 0.419. The summed E-state index contributed by atoms with van der Waals surface area (Å²) < 4.78 is 0. The van der Waals surface area contributed by atoms with E-state index in [1.807, 2.05) is 5.32 Å². The standard InChI is InChI=1S/C5H10N2O3/c1-3(9)7-5(10)4(6)2-8/h4,8H,2,6H2,1H3,(H,7,9,10)/t4-/m0/s1. The molecule has 0 spiro atoms. The van der Waals surface area contributed by atoms with E-state index in [4.69, 9.17) is 10.8 Å². The van der Waals surface area contributed by atoms with Crippen LogP contribution in [0.5, 0.6) is 0 Å². The van der Waals surface area contributed by atoms with Crippen molar-refractivity contribution in [2.45, 2.75) is 13.0 Å². The largest absolute Gasteiger partial charge is 0.394 e. The summed E-state index contributed by atoms with van der Waals surface area (Å²) in [6, 6.07) is -1.01. The van der Waals surface area contributed by atoms with E-state index in [2.05, 4.69) is 0 Å². The summed E-state index contributed by atoms with van der Waals surface area (Å²) in [4.78, 5) is 20.8. The number of hydrogen-bond acceptors (Lipinski definition) is 4. The number of amides is 2. The van der Waals surface area contributed by atoms with Crippen LogP contribution in [-0.4, -0.2) is 29.6 Å². The summed E-state index contributed by atoms with van der Waals surface area (Å²) in [6.07, 6.45) is 0. The van der Waals surface area contributed by atoms with Crippen LogP contribution in [-0.2, 0) is 9.59 Å². The molecule has 4 N–H and O–H groups in total. The van der Waals surface area contributed by atoms with Gasteiger partial charge in [-0.2, -0.15) is 0 Å². The Morgan fingerprint density at radius 2 is 2.20 bits per heavy atom. The molecule has 10 heavy (non-hydrogen) atoms. The SMILES string of the molecule is CC(=O)NC(=O)[C@@H](N)CO. The molecule has 5 nitrogen and oxygen atoms in total. The molecule has 0 aromatic heterocycles. The second kappa shape index (κ2) is 3.97. The molecule has 0 rings (SSSR count). The molecule has 2 amide bonds. The monoisotopic (exact) mass is 146 g/mol. The normalized spacial score (nSPS) is 12.3. The molecular weight excluding hydrogens is 136 g/mol. The maximum absolute atomic E-state index is 10.6. The Morgan fingerprint density at radius 3 is 2.50 bits per heavy atom. The Kier molecular flexibility index (Phi) is 3.60. The summed E-state index contributed by atoms with van der Waals surface area (Å²) >= 11 is 0. The van der Waals surface area contributed by atoms with Crippen LogP contribution in [0.15, 0.2) is 0 Å². The topological polar surface area (TPSA) is 92.4 Å². The van der Waals surface area contributed by atoms with Crippen molar-refractivity contribution in [1.29, 1.82) is 0 Å². The van der Waals surface area contributed by atoms with Crippen molar-refractivity contribution in [3.05, 3.63) is 0 Å². The van der Waals surface area contributed by atoms with E-state index < -0.39 is 24.5 Å². The fourth-order valence-electron chi connectivity index (χ4n) is 0.349. The molecule has 0 bridgehead atoms. The first-order valence-corrected chi connectivity index (χ1v) is 2.75. The first kappa shape index (κ1) is 9.06. The molecule has 0 aliphatic carbocycles. The highest BCUT2D eigenvalue weighted by atomic mass is 16.3. The third-order valence-electron chi connectivity index (χ3n) is 0.833. The zero-order valence-corrected chi connectivity index (χ0v) is 5.63. The molecule has 0 heterocycles. The maximum Gasteiger partial charge on any atom is 0.245 e. The highest BCUT2D eigenvalue weighted by Crippen LogP contribution is 1.75. The first-order valence-electron chi connectivity index (χ1n) is 2.75. The molecule has 0 saturated carbocycles. The highest BCUT2D eigenvalue weighted by Gasteiger charge is 2.11. The zero-order chi connectivity index (χ0) is 8.15. The molecule has 0 aliphatic rings. The lowest BCUT2D eigenvalue weighted by Gasteiger charge is -2.05. The number of aliphatic hydroxyl groups excluding tert-OH is 1. The highest BCUT2D eigenvalue weighted by molar-refractivity contribution is 5.96. The van der Waals surface area contributed by atoms with E-state index in [0.29, 0.717) is 0 Å². The van der Waals surface area contributed by atoms with Gasteiger partial charge in [0, 0.05) is 6.92 Å². The first-order chi connectivity index (χ1) is 4.57.